The molecule has 2 fully saturated rings. The molecule has 0 saturated heterocycles. The van der Waals surface area contributed by atoms with Gasteiger partial charge in [0.05, 0.1) is 5.52 Å². The topological polar surface area (TPSA) is 42.0 Å². The largest absolute Gasteiger partial charge is 0.352 e. The number of fused-ring (bicyclic) bond motifs is 2. The maximum Gasteiger partial charge on any atom is 0.220 e. The molecular formula is C25H33FN2O. The first kappa shape index (κ1) is 20.3. The highest BCUT2D eigenvalue weighted by molar-refractivity contribution is 5.82. The zero-order valence-corrected chi connectivity index (χ0v) is 18.3. The summed E-state index contributed by atoms with van der Waals surface area (Å²) in [4.78, 5) is 16.9. The Morgan fingerprint density at radius 1 is 1.14 bits per heavy atom. The lowest BCUT2D eigenvalue weighted by atomic mass is 9.71. The summed E-state index contributed by atoms with van der Waals surface area (Å²) in [6.45, 7) is 10.9. The molecule has 4 atom stereocenters. The lowest BCUT2D eigenvalue weighted by molar-refractivity contribution is -0.123. The number of aromatic nitrogens is 1. The molecule has 0 radical (unpaired) electrons. The van der Waals surface area contributed by atoms with Crippen LogP contribution in [0.5, 0.6) is 0 Å². The number of carbonyl (C=O) groups excluding carboxylic acids is 1. The molecule has 156 valence electrons. The van der Waals surface area contributed by atoms with Gasteiger partial charge < -0.3 is 5.32 Å². The van der Waals surface area contributed by atoms with Gasteiger partial charge in [0, 0.05) is 23.5 Å². The van der Waals surface area contributed by atoms with E-state index < -0.39 is 0 Å². The van der Waals surface area contributed by atoms with Crippen molar-refractivity contribution in [2.75, 3.05) is 0 Å². The standard InChI is InChI=1S/C25H33FN2O/c1-23(2,3)28-22(29)10-16-12-24(4)14-17(15-25(24,5)13-16)19-8-9-27-21-7-6-18(26)11-20(19)21/h6-9,11,16-17H,10,12-15H2,1-5H3,(H,28,29)/t16-,17-,24+,25-. The molecule has 2 aromatic rings. The first-order valence-corrected chi connectivity index (χ1v) is 10.8. The average molecular weight is 397 g/mol. The van der Waals surface area contributed by atoms with Gasteiger partial charge in [-0.15, -0.1) is 0 Å². The van der Waals surface area contributed by atoms with Gasteiger partial charge in [-0.1, -0.05) is 13.8 Å². The van der Waals surface area contributed by atoms with Gasteiger partial charge in [-0.2, -0.15) is 0 Å². The monoisotopic (exact) mass is 396 g/mol. The van der Waals surface area contributed by atoms with Gasteiger partial charge in [-0.05, 0) is 98.9 Å². The number of nitrogens with one attached hydrogen (secondary N) is 1. The number of halogens is 1. The number of amides is 1. The molecular weight excluding hydrogens is 363 g/mol. The Morgan fingerprint density at radius 2 is 1.79 bits per heavy atom. The number of hydrogen-bond donors (Lipinski definition) is 1. The molecule has 29 heavy (non-hydrogen) atoms. The minimum absolute atomic E-state index is 0.168. The second-order valence-corrected chi connectivity index (χ2v) is 11.1. The zero-order chi connectivity index (χ0) is 21.0. The summed E-state index contributed by atoms with van der Waals surface area (Å²) < 4.78 is 13.9. The van der Waals surface area contributed by atoms with E-state index in [2.05, 4.69) is 30.2 Å². The van der Waals surface area contributed by atoms with E-state index in [9.17, 15) is 9.18 Å². The highest BCUT2D eigenvalue weighted by Crippen LogP contribution is 2.68. The third-order valence-corrected chi connectivity index (χ3v) is 7.49. The lowest BCUT2D eigenvalue weighted by Crippen LogP contribution is -2.41. The van der Waals surface area contributed by atoms with Gasteiger partial charge in [-0.3, -0.25) is 9.78 Å². The van der Waals surface area contributed by atoms with E-state index in [1.54, 1.807) is 12.1 Å². The van der Waals surface area contributed by atoms with Crippen LogP contribution in [0.1, 0.15) is 78.2 Å². The summed E-state index contributed by atoms with van der Waals surface area (Å²) in [5.74, 6) is 0.829. The smallest absolute Gasteiger partial charge is 0.220 e. The minimum Gasteiger partial charge on any atom is -0.352 e. The molecule has 1 amide bonds. The highest BCUT2D eigenvalue weighted by atomic mass is 19.1. The van der Waals surface area contributed by atoms with Crippen LogP contribution in [0, 0.1) is 22.6 Å². The van der Waals surface area contributed by atoms with Gasteiger partial charge in [-0.25, -0.2) is 4.39 Å². The Morgan fingerprint density at radius 3 is 2.41 bits per heavy atom. The molecule has 1 heterocycles. The Labute approximate surface area is 173 Å². The van der Waals surface area contributed by atoms with E-state index in [0.29, 0.717) is 18.3 Å². The second-order valence-electron chi connectivity index (χ2n) is 11.1. The van der Waals surface area contributed by atoms with Gasteiger partial charge in [0.25, 0.3) is 0 Å². The van der Waals surface area contributed by atoms with Crippen molar-refractivity contribution >= 4 is 16.8 Å². The molecule has 0 aliphatic heterocycles. The number of rotatable bonds is 3. The van der Waals surface area contributed by atoms with Crippen LogP contribution >= 0.6 is 0 Å². The zero-order valence-electron chi connectivity index (χ0n) is 18.3. The minimum atomic E-state index is -0.202. The maximum atomic E-state index is 13.9. The van der Waals surface area contributed by atoms with Crippen molar-refractivity contribution in [2.45, 2.75) is 78.2 Å². The normalized spacial score (nSPS) is 31.8. The van der Waals surface area contributed by atoms with Crippen molar-refractivity contribution in [2.24, 2.45) is 16.7 Å². The maximum absolute atomic E-state index is 13.9. The van der Waals surface area contributed by atoms with E-state index in [4.69, 9.17) is 0 Å². The number of pyridine rings is 1. The molecule has 1 aromatic heterocycles. The van der Waals surface area contributed by atoms with Crippen LogP contribution in [0.25, 0.3) is 10.9 Å². The van der Waals surface area contributed by atoms with Crippen molar-refractivity contribution in [3.05, 3.63) is 41.8 Å². The fraction of sp³-hybridized carbons (Fsp3) is 0.600. The first-order valence-electron chi connectivity index (χ1n) is 10.8. The van der Waals surface area contributed by atoms with E-state index in [1.807, 2.05) is 27.0 Å². The molecule has 1 aromatic carbocycles. The van der Waals surface area contributed by atoms with Gasteiger partial charge in [0.2, 0.25) is 5.91 Å². The van der Waals surface area contributed by atoms with Crippen LogP contribution in [-0.2, 0) is 4.79 Å². The number of benzene rings is 1. The van der Waals surface area contributed by atoms with Crippen LogP contribution < -0.4 is 5.32 Å². The molecule has 3 nitrogen and oxygen atoms in total. The molecule has 0 spiro atoms. The highest BCUT2D eigenvalue weighted by Gasteiger charge is 2.58. The van der Waals surface area contributed by atoms with E-state index in [0.717, 1.165) is 36.6 Å². The average Bonchev–Trinajstić information content (AvgIpc) is 2.95. The summed E-state index contributed by atoms with van der Waals surface area (Å²) in [5, 5.41) is 4.07. The fourth-order valence-corrected chi connectivity index (χ4v) is 6.25. The summed E-state index contributed by atoms with van der Waals surface area (Å²) in [7, 11) is 0. The molecule has 1 N–H and O–H groups in total. The van der Waals surface area contributed by atoms with Crippen molar-refractivity contribution in [3.8, 4) is 0 Å². The number of hydrogen-bond acceptors (Lipinski definition) is 2. The molecule has 0 bridgehead atoms. The molecule has 2 aliphatic carbocycles. The fourth-order valence-electron chi connectivity index (χ4n) is 6.25. The molecule has 4 rings (SSSR count). The van der Waals surface area contributed by atoms with Crippen LogP contribution in [0.3, 0.4) is 0 Å². The molecule has 2 aliphatic rings. The van der Waals surface area contributed by atoms with Crippen molar-refractivity contribution in [1.82, 2.24) is 10.3 Å². The number of carbonyl (C=O) groups is 1. The third-order valence-electron chi connectivity index (χ3n) is 7.49. The van der Waals surface area contributed by atoms with Gasteiger partial charge >= 0.3 is 0 Å². The quantitative estimate of drug-likeness (QED) is 0.693. The SMILES string of the molecule is CC(C)(C)NC(=O)C[C@@H]1C[C@@]2(C)C[C@@H](c3ccnc4ccc(F)cc34)C[C@@]2(C)C1. The number of nitrogens with zero attached hydrogens (tertiary/aromatic N) is 1. The Bertz CT molecular complexity index is 929. The Hall–Kier alpha value is -1.97. The van der Waals surface area contributed by atoms with Crippen LogP contribution in [0.4, 0.5) is 4.39 Å². The lowest BCUT2D eigenvalue weighted by Gasteiger charge is -2.34. The van der Waals surface area contributed by atoms with Crippen LogP contribution in [0.2, 0.25) is 0 Å². The van der Waals surface area contributed by atoms with Crippen LogP contribution in [-0.4, -0.2) is 16.4 Å². The first-order chi connectivity index (χ1) is 13.5. The van der Waals surface area contributed by atoms with Gasteiger partial charge in [0.1, 0.15) is 5.82 Å². The van der Waals surface area contributed by atoms with E-state index in [1.165, 1.54) is 11.6 Å². The Kier molecular flexibility index (Phi) is 4.75. The summed E-state index contributed by atoms with van der Waals surface area (Å²) >= 11 is 0. The Balaban J connectivity index is 1.53. The van der Waals surface area contributed by atoms with Crippen molar-refractivity contribution in [1.29, 1.82) is 0 Å². The van der Waals surface area contributed by atoms with Crippen LogP contribution in [0.15, 0.2) is 30.5 Å². The summed E-state index contributed by atoms with van der Waals surface area (Å²) in [6.07, 6.45) is 6.85. The summed E-state index contributed by atoms with van der Waals surface area (Å²) in [6, 6.07) is 6.97. The van der Waals surface area contributed by atoms with Crippen molar-refractivity contribution < 1.29 is 9.18 Å². The van der Waals surface area contributed by atoms with E-state index in [-0.39, 0.29) is 28.1 Å². The third kappa shape index (κ3) is 3.78. The second kappa shape index (κ2) is 6.78. The molecule has 2 saturated carbocycles. The molecule has 0 unspecified atom stereocenters. The van der Waals surface area contributed by atoms with E-state index >= 15 is 0 Å². The molecule has 4 heteroatoms. The van der Waals surface area contributed by atoms with Gasteiger partial charge in [0.15, 0.2) is 0 Å². The predicted octanol–water partition coefficient (Wildman–Crippen LogP) is 5.98. The van der Waals surface area contributed by atoms with Crippen molar-refractivity contribution in [3.63, 3.8) is 0 Å². The summed E-state index contributed by atoms with van der Waals surface area (Å²) in [5.41, 5.74) is 2.35. The predicted molar refractivity (Wildman–Crippen MR) is 115 cm³/mol.